The molecular formula is C22H27N3O3. The molecule has 1 amide bonds. The van der Waals surface area contributed by atoms with E-state index < -0.39 is 0 Å². The Labute approximate surface area is 165 Å². The second-order valence-corrected chi connectivity index (χ2v) is 6.94. The molecule has 1 aliphatic heterocycles. The summed E-state index contributed by atoms with van der Waals surface area (Å²) in [6.45, 7) is 3.64. The summed E-state index contributed by atoms with van der Waals surface area (Å²) >= 11 is 0. The molecule has 6 heteroatoms. The van der Waals surface area contributed by atoms with Gasteiger partial charge in [-0.3, -0.25) is 4.79 Å². The summed E-state index contributed by atoms with van der Waals surface area (Å²) in [6, 6.07) is 13.9. The number of aromatic nitrogens is 1. The molecule has 2 aromatic rings. The monoisotopic (exact) mass is 381 g/mol. The normalized spacial score (nSPS) is 14.5. The van der Waals surface area contributed by atoms with Gasteiger partial charge in [0.15, 0.2) is 0 Å². The molecule has 0 atom stereocenters. The molecule has 0 aliphatic carbocycles. The highest BCUT2D eigenvalue weighted by Gasteiger charge is 2.22. The Balaban J connectivity index is 1.42. The highest BCUT2D eigenvalue weighted by atomic mass is 16.5. The fourth-order valence-corrected chi connectivity index (χ4v) is 3.35. The van der Waals surface area contributed by atoms with Gasteiger partial charge in [-0.05, 0) is 43.9 Å². The summed E-state index contributed by atoms with van der Waals surface area (Å²) in [5.41, 5.74) is 1.65. The summed E-state index contributed by atoms with van der Waals surface area (Å²) < 4.78 is 4.96. The van der Waals surface area contributed by atoms with Gasteiger partial charge >= 0.3 is 5.97 Å². The first kappa shape index (κ1) is 19.9. The van der Waals surface area contributed by atoms with E-state index in [0.717, 1.165) is 38.2 Å². The zero-order chi connectivity index (χ0) is 19.8. The third-order valence-corrected chi connectivity index (χ3v) is 4.94. The number of amides is 1. The fourth-order valence-electron chi connectivity index (χ4n) is 3.35. The number of hydrogen-bond acceptors (Lipinski definition) is 5. The highest BCUT2D eigenvalue weighted by molar-refractivity contribution is 5.89. The van der Waals surface area contributed by atoms with Crippen LogP contribution in [0.3, 0.4) is 0 Å². The second kappa shape index (κ2) is 9.88. The van der Waals surface area contributed by atoms with Gasteiger partial charge in [-0.1, -0.05) is 30.3 Å². The molecule has 1 fully saturated rings. The number of rotatable bonds is 7. The van der Waals surface area contributed by atoms with E-state index in [1.807, 2.05) is 23.1 Å². The molecule has 0 saturated carbocycles. The van der Waals surface area contributed by atoms with Crippen molar-refractivity contribution in [3.8, 4) is 0 Å². The lowest BCUT2D eigenvalue weighted by atomic mass is 10.0. The van der Waals surface area contributed by atoms with Crippen LogP contribution in [0.4, 0.5) is 5.82 Å². The number of anilines is 1. The van der Waals surface area contributed by atoms with E-state index in [2.05, 4.69) is 22.4 Å². The zero-order valence-corrected chi connectivity index (χ0v) is 16.3. The summed E-state index contributed by atoms with van der Waals surface area (Å²) in [5.74, 6) is 0.602. The lowest BCUT2D eigenvalue weighted by molar-refractivity contribution is -0.132. The number of nitrogens with one attached hydrogen (secondary N) is 1. The Bertz CT molecular complexity index is 769. The maximum Gasteiger partial charge on any atom is 0.339 e. The van der Waals surface area contributed by atoms with Crippen molar-refractivity contribution in [2.45, 2.75) is 38.6 Å². The lowest BCUT2D eigenvalue weighted by Crippen LogP contribution is -2.42. The number of carbonyl (C=O) groups excluding carboxylic acids is 2. The Morgan fingerprint density at radius 2 is 1.89 bits per heavy atom. The minimum absolute atomic E-state index is 0.221. The van der Waals surface area contributed by atoms with Gasteiger partial charge in [0.1, 0.15) is 5.82 Å². The molecule has 1 N–H and O–H groups in total. The van der Waals surface area contributed by atoms with E-state index in [4.69, 9.17) is 4.74 Å². The third kappa shape index (κ3) is 5.55. The molecule has 0 bridgehead atoms. The van der Waals surface area contributed by atoms with Gasteiger partial charge in [-0.2, -0.15) is 0 Å². The van der Waals surface area contributed by atoms with E-state index in [1.54, 1.807) is 19.1 Å². The predicted octanol–water partition coefficient (Wildman–Crippen LogP) is 3.29. The quantitative estimate of drug-likeness (QED) is 0.745. The molecular weight excluding hydrogens is 354 g/mol. The SMILES string of the molecule is CCOC(=O)c1ccc(NC2CCN(C(=O)CCc3ccccc3)CC2)nc1. The molecule has 148 valence electrons. The Morgan fingerprint density at radius 1 is 1.14 bits per heavy atom. The van der Waals surface area contributed by atoms with Crippen molar-refractivity contribution >= 4 is 17.7 Å². The van der Waals surface area contributed by atoms with Crippen molar-refractivity contribution in [2.75, 3.05) is 25.0 Å². The van der Waals surface area contributed by atoms with E-state index in [-0.39, 0.29) is 17.9 Å². The minimum atomic E-state index is -0.358. The largest absolute Gasteiger partial charge is 0.462 e. The number of likely N-dealkylation sites (tertiary alicyclic amines) is 1. The standard InChI is InChI=1S/C22H27N3O3/c1-2-28-22(27)18-9-10-20(23-16-18)24-19-12-14-25(15-13-19)21(26)11-8-17-6-4-3-5-7-17/h3-7,9-10,16,19H,2,8,11-15H2,1H3,(H,23,24). The smallest absolute Gasteiger partial charge is 0.339 e. The van der Waals surface area contributed by atoms with Crippen LogP contribution in [-0.2, 0) is 16.0 Å². The first-order chi connectivity index (χ1) is 13.7. The van der Waals surface area contributed by atoms with Crippen LogP contribution in [0.1, 0.15) is 42.1 Å². The van der Waals surface area contributed by atoms with Crippen LogP contribution in [0, 0.1) is 0 Å². The van der Waals surface area contributed by atoms with Gasteiger partial charge in [0.05, 0.1) is 12.2 Å². The van der Waals surface area contributed by atoms with Crippen LogP contribution >= 0.6 is 0 Å². The molecule has 3 rings (SSSR count). The molecule has 0 radical (unpaired) electrons. The number of benzene rings is 1. The summed E-state index contributed by atoms with van der Waals surface area (Å²) in [4.78, 5) is 30.4. The number of pyridine rings is 1. The summed E-state index contributed by atoms with van der Waals surface area (Å²) in [6.07, 6.45) is 4.65. The second-order valence-electron chi connectivity index (χ2n) is 6.94. The molecule has 0 spiro atoms. The van der Waals surface area contributed by atoms with Crippen LogP contribution in [0.5, 0.6) is 0 Å². The number of aryl methyl sites for hydroxylation is 1. The average molecular weight is 381 g/mol. The predicted molar refractivity (Wildman–Crippen MR) is 108 cm³/mol. The van der Waals surface area contributed by atoms with Crippen molar-refractivity contribution < 1.29 is 14.3 Å². The van der Waals surface area contributed by atoms with E-state index >= 15 is 0 Å². The maximum absolute atomic E-state index is 12.4. The maximum atomic E-state index is 12.4. The molecule has 2 heterocycles. The van der Waals surface area contributed by atoms with E-state index in [0.29, 0.717) is 18.6 Å². The number of ether oxygens (including phenoxy) is 1. The minimum Gasteiger partial charge on any atom is -0.462 e. The number of piperidine rings is 1. The molecule has 1 aromatic carbocycles. The molecule has 1 aliphatic rings. The van der Waals surface area contributed by atoms with E-state index in [9.17, 15) is 9.59 Å². The van der Waals surface area contributed by atoms with Crippen molar-refractivity contribution in [3.63, 3.8) is 0 Å². The molecule has 6 nitrogen and oxygen atoms in total. The molecule has 1 aromatic heterocycles. The van der Waals surface area contributed by atoms with Crippen LogP contribution in [0.25, 0.3) is 0 Å². The van der Waals surface area contributed by atoms with Crippen LogP contribution in [0.15, 0.2) is 48.7 Å². The Hall–Kier alpha value is -2.89. The summed E-state index contributed by atoms with van der Waals surface area (Å²) in [7, 11) is 0. The third-order valence-electron chi connectivity index (χ3n) is 4.94. The topological polar surface area (TPSA) is 71.5 Å². The van der Waals surface area contributed by atoms with Crippen molar-refractivity contribution in [1.29, 1.82) is 0 Å². The number of hydrogen-bond donors (Lipinski definition) is 1. The molecule has 1 saturated heterocycles. The van der Waals surface area contributed by atoms with Gasteiger partial charge in [0, 0.05) is 31.7 Å². The number of carbonyl (C=O) groups is 2. The highest BCUT2D eigenvalue weighted by Crippen LogP contribution is 2.17. The van der Waals surface area contributed by atoms with Crippen LogP contribution < -0.4 is 5.32 Å². The summed E-state index contributed by atoms with van der Waals surface area (Å²) in [5, 5.41) is 3.40. The number of esters is 1. The Kier molecular flexibility index (Phi) is 7.00. The van der Waals surface area contributed by atoms with Gasteiger partial charge in [-0.15, -0.1) is 0 Å². The van der Waals surface area contributed by atoms with Crippen LogP contribution in [0.2, 0.25) is 0 Å². The molecule has 0 unspecified atom stereocenters. The van der Waals surface area contributed by atoms with Gasteiger partial charge < -0.3 is 15.0 Å². The van der Waals surface area contributed by atoms with E-state index in [1.165, 1.54) is 11.8 Å². The van der Waals surface area contributed by atoms with Gasteiger partial charge in [-0.25, -0.2) is 9.78 Å². The zero-order valence-electron chi connectivity index (χ0n) is 16.3. The van der Waals surface area contributed by atoms with Gasteiger partial charge in [0.2, 0.25) is 5.91 Å². The first-order valence-corrected chi connectivity index (χ1v) is 9.87. The average Bonchev–Trinajstić information content (AvgIpc) is 2.74. The Morgan fingerprint density at radius 3 is 2.54 bits per heavy atom. The fraction of sp³-hybridized carbons (Fsp3) is 0.409. The van der Waals surface area contributed by atoms with Crippen molar-refractivity contribution in [3.05, 3.63) is 59.8 Å². The lowest BCUT2D eigenvalue weighted by Gasteiger charge is -2.32. The van der Waals surface area contributed by atoms with Gasteiger partial charge in [0.25, 0.3) is 0 Å². The molecule has 28 heavy (non-hydrogen) atoms. The first-order valence-electron chi connectivity index (χ1n) is 9.87. The number of nitrogens with zero attached hydrogens (tertiary/aromatic N) is 2. The van der Waals surface area contributed by atoms with Crippen molar-refractivity contribution in [2.24, 2.45) is 0 Å². The van der Waals surface area contributed by atoms with Crippen molar-refractivity contribution in [1.82, 2.24) is 9.88 Å². The van der Waals surface area contributed by atoms with Crippen LogP contribution in [-0.4, -0.2) is 47.5 Å².